The maximum absolute atomic E-state index is 13.3. The molecule has 7 heteroatoms. The first-order valence-electron chi connectivity index (χ1n) is 10.7. The first-order valence-corrected chi connectivity index (χ1v) is 12.0. The van der Waals surface area contributed by atoms with Crippen molar-refractivity contribution in [1.29, 1.82) is 0 Å². The number of nitrogens with one attached hydrogen (secondary N) is 1. The zero-order valence-electron chi connectivity index (χ0n) is 17.7. The van der Waals surface area contributed by atoms with Gasteiger partial charge in [0.2, 0.25) is 11.8 Å². The van der Waals surface area contributed by atoms with Gasteiger partial charge in [-0.2, -0.15) is 0 Å². The lowest BCUT2D eigenvalue weighted by Gasteiger charge is -2.31. The Morgan fingerprint density at radius 3 is 2.39 bits per heavy atom. The molecule has 1 saturated carbocycles. The number of hydrogen-bond acceptors (Lipinski definition) is 3. The largest absolute Gasteiger partial charge is 0.352 e. The fourth-order valence-electron chi connectivity index (χ4n) is 3.83. The Hall–Kier alpha value is -2.05. The predicted octanol–water partition coefficient (Wildman–Crippen LogP) is 5.44. The van der Waals surface area contributed by atoms with Crippen molar-refractivity contribution in [3.05, 3.63) is 64.9 Å². The van der Waals surface area contributed by atoms with Crippen LogP contribution in [-0.4, -0.2) is 34.6 Å². The van der Waals surface area contributed by atoms with E-state index >= 15 is 0 Å². The van der Waals surface area contributed by atoms with Crippen molar-refractivity contribution < 1.29 is 14.0 Å². The van der Waals surface area contributed by atoms with E-state index in [1.165, 1.54) is 23.9 Å². The van der Waals surface area contributed by atoms with Gasteiger partial charge in [-0.25, -0.2) is 4.39 Å². The third-order valence-corrected chi connectivity index (χ3v) is 6.78. The van der Waals surface area contributed by atoms with Crippen LogP contribution in [0.3, 0.4) is 0 Å². The van der Waals surface area contributed by atoms with E-state index in [1.807, 2.05) is 19.1 Å². The normalized spacial score (nSPS) is 14.9. The molecule has 0 aromatic heterocycles. The Kier molecular flexibility index (Phi) is 8.79. The number of nitrogens with zero attached hydrogens (tertiary/aromatic N) is 1. The van der Waals surface area contributed by atoms with Crippen LogP contribution in [0.15, 0.2) is 53.4 Å². The number of carbonyl (C=O) groups excluding carboxylic acids is 2. The van der Waals surface area contributed by atoms with Crippen LogP contribution in [0, 0.1) is 5.82 Å². The minimum Gasteiger partial charge on any atom is -0.352 e. The fourth-order valence-corrected chi connectivity index (χ4v) is 4.74. The monoisotopic (exact) mass is 462 g/mol. The average molecular weight is 463 g/mol. The maximum Gasteiger partial charge on any atom is 0.243 e. The third kappa shape index (κ3) is 6.97. The molecule has 4 nitrogen and oxygen atoms in total. The molecule has 166 valence electrons. The van der Waals surface area contributed by atoms with Gasteiger partial charge >= 0.3 is 0 Å². The van der Waals surface area contributed by atoms with E-state index in [0.29, 0.717) is 11.4 Å². The molecular formula is C24H28ClFN2O2S. The number of benzene rings is 2. The second kappa shape index (κ2) is 11.5. The van der Waals surface area contributed by atoms with Gasteiger partial charge in [0.05, 0.1) is 5.75 Å². The van der Waals surface area contributed by atoms with Crippen LogP contribution in [0.25, 0.3) is 0 Å². The lowest BCUT2D eigenvalue weighted by atomic mass is 10.1. The zero-order valence-corrected chi connectivity index (χ0v) is 19.2. The molecule has 0 saturated heterocycles. The molecule has 1 aliphatic carbocycles. The lowest BCUT2D eigenvalue weighted by Crippen LogP contribution is -2.51. The van der Waals surface area contributed by atoms with Gasteiger partial charge in [-0.05, 0) is 61.2 Å². The van der Waals surface area contributed by atoms with Crippen LogP contribution in [0.4, 0.5) is 4.39 Å². The molecule has 2 aromatic carbocycles. The minimum absolute atomic E-state index is 0.110. The highest BCUT2D eigenvalue weighted by Gasteiger charge is 2.30. The molecule has 0 heterocycles. The SMILES string of the molecule is CC[C@H](C(=O)NC1CCCC1)N(Cc1ccc(F)cc1)C(=O)CSc1ccc(Cl)cc1. The number of amides is 2. The van der Waals surface area contributed by atoms with Crippen LogP contribution in [0.1, 0.15) is 44.6 Å². The van der Waals surface area contributed by atoms with Crippen molar-refractivity contribution in [3.63, 3.8) is 0 Å². The summed E-state index contributed by atoms with van der Waals surface area (Å²) in [7, 11) is 0. The number of carbonyl (C=O) groups is 2. The smallest absolute Gasteiger partial charge is 0.243 e. The molecule has 1 N–H and O–H groups in total. The molecule has 2 amide bonds. The van der Waals surface area contributed by atoms with Gasteiger partial charge in [0.25, 0.3) is 0 Å². The molecule has 0 spiro atoms. The molecule has 3 rings (SSSR count). The summed E-state index contributed by atoms with van der Waals surface area (Å²) in [4.78, 5) is 28.8. The summed E-state index contributed by atoms with van der Waals surface area (Å²) in [5, 5.41) is 3.77. The quantitative estimate of drug-likeness (QED) is 0.505. The predicted molar refractivity (Wildman–Crippen MR) is 124 cm³/mol. The topological polar surface area (TPSA) is 49.4 Å². The maximum atomic E-state index is 13.3. The first kappa shape index (κ1) is 23.6. The molecule has 0 unspecified atom stereocenters. The Bertz CT molecular complexity index is 870. The summed E-state index contributed by atoms with van der Waals surface area (Å²) in [6.45, 7) is 2.17. The van der Waals surface area contributed by atoms with E-state index in [2.05, 4.69) is 5.32 Å². The third-order valence-electron chi connectivity index (χ3n) is 5.53. The first-order chi connectivity index (χ1) is 15.0. The molecule has 0 aliphatic heterocycles. The van der Waals surface area contributed by atoms with E-state index in [-0.39, 0.29) is 36.0 Å². The molecule has 31 heavy (non-hydrogen) atoms. The molecule has 0 bridgehead atoms. The minimum atomic E-state index is -0.566. The van der Waals surface area contributed by atoms with Crippen molar-refractivity contribution in [2.45, 2.75) is 62.6 Å². The summed E-state index contributed by atoms with van der Waals surface area (Å²) in [5.41, 5.74) is 0.790. The van der Waals surface area contributed by atoms with Gasteiger partial charge in [0, 0.05) is 22.5 Å². The Morgan fingerprint density at radius 2 is 1.77 bits per heavy atom. The summed E-state index contributed by atoms with van der Waals surface area (Å²) in [6.07, 6.45) is 4.73. The summed E-state index contributed by atoms with van der Waals surface area (Å²) < 4.78 is 13.3. The van der Waals surface area contributed by atoms with Gasteiger partial charge in [0.15, 0.2) is 0 Å². The van der Waals surface area contributed by atoms with E-state index in [9.17, 15) is 14.0 Å². The summed E-state index contributed by atoms with van der Waals surface area (Å²) in [5.74, 6) is -0.360. The van der Waals surface area contributed by atoms with Crippen molar-refractivity contribution in [1.82, 2.24) is 10.2 Å². The zero-order chi connectivity index (χ0) is 22.2. The number of hydrogen-bond donors (Lipinski definition) is 1. The highest BCUT2D eigenvalue weighted by atomic mass is 35.5. The van der Waals surface area contributed by atoms with Crippen LogP contribution < -0.4 is 5.32 Å². The van der Waals surface area contributed by atoms with Crippen molar-refractivity contribution >= 4 is 35.2 Å². The number of thioether (sulfide) groups is 1. The molecular weight excluding hydrogens is 435 g/mol. The summed E-state index contributed by atoms with van der Waals surface area (Å²) in [6, 6.07) is 13.0. The van der Waals surface area contributed by atoms with E-state index in [1.54, 1.807) is 29.2 Å². The lowest BCUT2D eigenvalue weighted by molar-refractivity contribution is -0.139. The van der Waals surface area contributed by atoms with E-state index in [0.717, 1.165) is 36.1 Å². The van der Waals surface area contributed by atoms with Gasteiger partial charge in [-0.1, -0.05) is 43.5 Å². The van der Waals surface area contributed by atoms with Crippen molar-refractivity contribution in [2.24, 2.45) is 0 Å². The Balaban J connectivity index is 1.74. The van der Waals surface area contributed by atoms with E-state index < -0.39 is 6.04 Å². The molecule has 1 atom stereocenters. The second-order valence-electron chi connectivity index (χ2n) is 7.80. The molecule has 1 aliphatic rings. The van der Waals surface area contributed by atoms with Gasteiger partial charge < -0.3 is 10.2 Å². The van der Waals surface area contributed by atoms with Crippen molar-refractivity contribution in [2.75, 3.05) is 5.75 Å². The van der Waals surface area contributed by atoms with E-state index in [4.69, 9.17) is 11.6 Å². The molecule has 1 fully saturated rings. The Morgan fingerprint density at radius 1 is 1.13 bits per heavy atom. The molecule has 2 aromatic rings. The van der Waals surface area contributed by atoms with Gasteiger partial charge in [-0.15, -0.1) is 11.8 Å². The second-order valence-corrected chi connectivity index (χ2v) is 9.29. The van der Waals surface area contributed by atoms with Crippen LogP contribution in [-0.2, 0) is 16.1 Å². The van der Waals surface area contributed by atoms with Crippen LogP contribution >= 0.6 is 23.4 Å². The summed E-state index contributed by atoms with van der Waals surface area (Å²) >= 11 is 7.35. The molecule has 0 radical (unpaired) electrons. The highest BCUT2D eigenvalue weighted by molar-refractivity contribution is 8.00. The Labute approximate surface area is 192 Å². The van der Waals surface area contributed by atoms with Crippen LogP contribution in [0.2, 0.25) is 5.02 Å². The average Bonchev–Trinajstić information content (AvgIpc) is 3.27. The number of halogens is 2. The van der Waals surface area contributed by atoms with Crippen molar-refractivity contribution in [3.8, 4) is 0 Å². The van der Waals surface area contributed by atoms with Gasteiger partial charge in [-0.3, -0.25) is 9.59 Å². The number of rotatable bonds is 9. The standard InChI is InChI=1S/C24H28ClFN2O2S/c1-2-22(24(30)27-20-5-3-4-6-20)28(15-17-7-11-19(26)12-8-17)23(29)16-31-21-13-9-18(25)10-14-21/h7-14,20,22H,2-6,15-16H2,1H3,(H,27,30)/t22-/m1/s1. The van der Waals surface area contributed by atoms with Gasteiger partial charge in [0.1, 0.15) is 11.9 Å². The highest BCUT2D eigenvalue weighted by Crippen LogP contribution is 2.23. The van der Waals surface area contributed by atoms with Crippen LogP contribution in [0.5, 0.6) is 0 Å². The fraction of sp³-hybridized carbons (Fsp3) is 0.417.